The number of rotatable bonds is 4. The lowest BCUT2D eigenvalue weighted by Gasteiger charge is -2.40. The number of hydrogen-bond acceptors (Lipinski definition) is 3. The summed E-state index contributed by atoms with van der Waals surface area (Å²) in [5.41, 5.74) is 3.32. The molecule has 0 amide bonds. The summed E-state index contributed by atoms with van der Waals surface area (Å²) in [6.07, 6.45) is 3.74. The lowest BCUT2D eigenvalue weighted by molar-refractivity contribution is 0.191. The zero-order valence-corrected chi connectivity index (χ0v) is 24.2. The molecule has 0 spiro atoms. The van der Waals surface area contributed by atoms with Gasteiger partial charge in [-0.15, -0.1) is 0 Å². The van der Waals surface area contributed by atoms with E-state index in [0.29, 0.717) is 11.5 Å². The molecule has 1 N–H and O–H groups in total. The molecule has 2 rings (SSSR count). The van der Waals surface area contributed by atoms with E-state index in [1.165, 1.54) is 0 Å². The summed E-state index contributed by atoms with van der Waals surface area (Å²) in [6, 6.07) is 5.79. The van der Waals surface area contributed by atoms with E-state index < -0.39 is 7.82 Å². The van der Waals surface area contributed by atoms with Gasteiger partial charge in [0.2, 0.25) is 0 Å². The Labute approximate surface area is 207 Å². The van der Waals surface area contributed by atoms with Crippen molar-refractivity contribution in [1.82, 2.24) is 0 Å². The molecule has 2 atom stereocenters. The smallest absolute Gasteiger partial charge is 0.399 e. The van der Waals surface area contributed by atoms with Crippen molar-refractivity contribution in [3.05, 3.63) is 65.0 Å². The predicted octanol–water partition coefficient (Wildman–Crippen LogP) is 8.87. The first kappa shape index (κ1) is 28.5. The van der Waals surface area contributed by atoms with E-state index in [1.54, 1.807) is 12.1 Å². The third-order valence-electron chi connectivity index (χ3n) is 6.16. The van der Waals surface area contributed by atoms with Gasteiger partial charge in [-0.2, -0.15) is 0 Å². The van der Waals surface area contributed by atoms with Crippen molar-refractivity contribution in [3.63, 3.8) is 0 Å². The number of phosphoric acid groups is 1. The van der Waals surface area contributed by atoms with Crippen LogP contribution in [0, 0.1) is 16.7 Å². The normalized spacial score (nSPS) is 19.8. The van der Waals surface area contributed by atoms with Gasteiger partial charge in [0.05, 0.1) is 0 Å². The molecule has 0 bridgehead atoms. The molecule has 2 unspecified atom stereocenters. The monoisotopic (exact) mass is 488 g/mol. The lowest BCUT2D eigenvalue weighted by atomic mass is 9.67. The molecule has 0 aromatic heterocycles. The Kier molecular flexibility index (Phi) is 7.56. The molecular weight excluding hydrogens is 443 g/mol. The fourth-order valence-corrected chi connectivity index (χ4v) is 5.28. The zero-order chi connectivity index (χ0) is 26.5. The second kappa shape index (κ2) is 9.03. The van der Waals surface area contributed by atoms with E-state index in [1.807, 2.05) is 12.1 Å². The van der Waals surface area contributed by atoms with Crippen LogP contribution in [0.5, 0.6) is 5.75 Å². The summed E-state index contributed by atoms with van der Waals surface area (Å²) in [5, 5.41) is 0. The highest BCUT2D eigenvalue weighted by Crippen LogP contribution is 2.54. The molecular formula is C29H45O4P. The van der Waals surface area contributed by atoms with Gasteiger partial charge < -0.3 is 9.05 Å². The van der Waals surface area contributed by atoms with Crippen molar-refractivity contribution in [2.45, 2.75) is 93.9 Å². The highest BCUT2D eigenvalue weighted by Gasteiger charge is 2.41. The van der Waals surface area contributed by atoms with Gasteiger partial charge in [0, 0.05) is 11.5 Å². The number of hydrogen-bond donors (Lipinski definition) is 1. The van der Waals surface area contributed by atoms with E-state index in [-0.39, 0.29) is 27.6 Å². The maximum absolute atomic E-state index is 13.3. The van der Waals surface area contributed by atoms with Crippen LogP contribution in [0.2, 0.25) is 0 Å². The highest BCUT2D eigenvalue weighted by molar-refractivity contribution is 7.48. The Hall–Kier alpha value is -1.77. The Bertz CT molecular complexity index is 1050. The molecule has 4 nitrogen and oxygen atoms in total. The van der Waals surface area contributed by atoms with E-state index in [0.717, 1.165) is 22.3 Å². The summed E-state index contributed by atoms with van der Waals surface area (Å²) in [4.78, 5) is 10.9. The summed E-state index contributed by atoms with van der Waals surface area (Å²) in [7, 11) is -4.47. The minimum absolute atomic E-state index is 0.0533. The zero-order valence-electron chi connectivity index (χ0n) is 23.3. The molecule has 5 heteroatoms. The van der Waals surface area contributed by atoms with Gasteiger partial charge in [-0.3, -0.25) is 4.89 Å². The predicted molar refractivity (Wildman–Crippen MR) is 143 cm³/mol. The molecule has 0 saturated carbocycles. The first-order valence-electron chi connectivity index (χ1n) is 12.0. The fourth-order valence-electron chi connectivity index (χ4n) is 4.40. The van der Waals surface area contributed by atoms with Crippen LogP contribution < -0.4 is 4.52 Å². The molecule has 1 aromatic rings. The number of benzene rings is 1. The molecule has 1 aliphatic carbocycles. The molecule has 1 aliphatic rings. The summed E-state index contributed by atoms with van der Waals surface area (Å²) in [6.45, 7) is 29.6. The molecule has 0 aliphatic heterocycles. The second-order valence-corrected chi connectivity index (χ2v) is 14.9. The van der Waals surface area contributed by atoms with Gasteiger partial charge >= 0.3 is 7.82 Å². The van der Waals surface area contributed by atoms with E-state index >= 15 is 0 Å². The highest BCUT2D eigenvalue weighted by atomic mass is 31.2. The molecule has 0 heterocycles. The summed E-state index contributed by atoms with van der Waals surface area (Å²) >= 11 is 0. The SMILES string of the molecule is C=C1C(C(C)(C)C)=CC=C(OP(=O)(O)Oc2ccc(C(C)(C)C)cc2C(C)(C)C)C1C(C)(C)C. The van der Waals surface area contributed by atoms with Gasteiger partial charge in [-0.05, 0) is 50.5 Å². The van der Waals surface area contributed by atoms with Crippen molar-refractivity contribution in [1.29, 1.82) is 0 Å². The van der Waals surface area contributed by atoms with Crippen molar-refractivity contribution in [2.75, 3.05) is 0 Å². The third kappa shape index (κ3) is 6.67. The minimum Gasteiger partial charge on any atom is -0.399 e. The van der Waals surface area contributed by atoms with Crippen molar-refractivity contribution >= 4 is 7.82 Å². The van der Waals surface area contributed by atoms with Gasteiger partial charge in [-0.25, -0.2) is 4.57 Å². The molecule has 0 saturated heterocycles. The molecule has 0 radical (unpaired) electrons. The Morgan fingerprint density at radius 2 is 1.38 bits per heavy atom. The first-order chi connectivity index (χ1) is 15.0. The largest absolute Gasteiger partial charge is 0.584 e. The molecule has 190 valence electrons. The Balaban J connectivity index is 2.48. The third-order valence-corrected chi connectivity index (χ3v) is 7.02. The van der Waals surface area contributed by atoms with Crippen molar-refractivity contribution in [2.24, 2.45) is 16.7 Å². The van der Waals surface area contributed by atoms with Crippen LogP contribution in [-0.4, -0.2) is 4.89 Å². The van der Waals surface area contributed by atoms with E-state index in [9.17, 15) is 9.46 Å². The van der Waals surface area contributed by atoms with Crippen LogP contribution in [0.25, 0.3) is 0 Å². The Morgan fingerprint density at radius 1 is 0.824 bits per heavy atom. The Morgan fingerprint density at radius 3 is 1.82 bits per heavy atom. The molecule has 0 fully saturated rings. The van der Waals surface area contributed by atoms with Gasteiger partial charge in [-0.1, -0.05) is 108 Å². The van der Waals surface area contributed by atoms with Gasteiger partial charge in [0.25, 0.3) is 0 Å². The minimum atomic E-state index is -4.47. The molecule has 34 heavy (non-hydrogen) atoms. The van der Waals surface area contributed by atoms with Gasteiger partial charge in [0.15, 0.2) is 0 Å². The van der Waals surface area contributed by atoms with Crippen LogP contribution in [0.1, 0.15) is 94.2 Å². The van der Waals surface area contributed by atoms with Crippen LogP contribution >= 0.6 is 7.82 Å². The average molecular weight is 489 g/mol. The second-order valence-electron chi connectivity index (χ2n) is 13.6. The standard InChI is InChI=1S/C29H45O4P/c1-19-21(27(5,6)7)15-17-24(25(19)29(11,12)13)33-34(30,31)32-23-16-14-20(26(2,3)4)18-22(23)28(8,9)10/h14-18,25H,1H2,2-13H3,(H,30,31). The lowest BCUT2D eigenvalue weighted by Crippen LogP contribution is -2.30. The van der Waals surface area contributed by atoms with Crippen LogP contribution in [0.3, 0.4) is 0 Å². The quantitative estimate of drug-likeness (QED) is 0.430. The van der Waals surface area contributed by atoms with Crippen molar-refractivity contribution < 1.29 is 18.5 Å². The topological polar surface area (TPSA) is 55.8 Å². The maximum Gasteiger partial charge on any atom is 0.584 e. The maximum atomic E-state index is 13.3. The van der Waals surface area contributed by atoms with Crippen LogP contribution in [0.4, 0.5) is 0 Å². The van der Waals surface area contributed by atoms with Crippen LogP contribution in [-0.2, 0) is 19.9 Å². The van der Waals surface area contributed by atoms with Gasteiger partial charge in [0.1, 0.15) is 11.5 Å². The van der Waals surface area contributed by atoms with E-state index in [4.69, 9.17) is 9.05 Å². The number of phosphoric ester groups is 1. The summed E-state index contributed by atoms with van der Waals surface area (Å²) in [5.74, 6) is 0.515. The first-order valence-corrected chi connectivity index (χ1v) is 13.5. The molecule has 1 aromatic carbocycles. The number of allylic oxidation sites excluding steroid dienone is 4. The van der Waals surface area contributed by atoms with E-state index in [2.05, 4.69) is 95.7 Å². The van der Waals surface area contributed by atoms with Crippen LogP contribution in [0.15, 0.2) is 53.8 Å². The average Bonchev–Trinajstić information content (AvgIpc) is 2.57. The summed E-state index contributed by atoms with van der Waals surface area (Å²) < 4.78 is 24.8. The van der Waals surface area contributed by atoms with Crippen molar-refractivity contribution in [3.8, 4) is 5.75 Å². The fraction of sp³-hybridized carbons (Fsp3) is 0.586.